The second kappa shape index (κ2) is 4.58. The highest BCUT2D eigenvalue weighted by atomic mass is 15.2. The summed E-state index contributed by atoms with van der Waals surface area (Å²) in [5.41, 5.74) is 5.40. The summed E-state index contributed by atoms with van der Waals surface area (Å²) in [5.74, 6) is 0.274. The van der Waals surface area contributed by atoms with E-state index in [2.05, 4.69) is 23.8 Å². The summed E-state index contributed by atoms with van der Waals surface area (Å²) in [6.07, 6.45) is 1.17. The quantitative estimate of drug-likeness (QED) is 0.467. The van der Waals surface area contributed by atoms with E-state index < -0.39 is 0 Å². The summed E-state index contributed by atoms with van der Waals surface area (Å²) in [4.78, 5) is 4.62. The molecule has 1 aliphatic rings. The van der Waals surface area contributed by atoms with E-state index in [0.717, 1.165) is 19.6 Å². The summed E-state index contributed by atoms with van der Waals surface area (Å²) < 4.78 is 0. The molecular formula is C9H20N4. The third-order valence-corrected chi connectivity index (χ3v) is 2.56. The fourth-order valence-corrected chi connectivity index (χ4v) is 1.88. The average molecular weight is 184 g/mol. The minimum absolute atomic E-state index is 0.274. The van der Waals surface area contributed by atoms with Crippen molar-refractivity contribution in [1.82, 2.24) is 9.80 Å². The molecule has 0 aromatic heterocycles. The highest BCUT2D eigenvalue weighted by Gasteiger charge is 2.19. The lowest BCUT2D eigenvalue weighted by atomic mass is 10.2. The first kappa shape index (κ1) is 10.5. The van der Waals surface area contributed by atoms with Crippen molar-refractivity contribution in [3.8, 4) is 0 Å². The lowest BCUT2D eigenvalue weighted by molar-refractivity contribution is 0.226. The molecule has 76 valence electrons. The largest absolute Gasteiger partial charge is 0.387 e. The van der Waals surface area contributed by atoms with Crippen molar-refractivity contribution in [1.29, 1.82) is 5.41 Å². The zero-order chi connectivity index (χ0) is 9.84. The van der Waals surface area contributed by atoms with Crippen molar-refractivity contribution < 1.29 is 0 Å². The molecule has 0 aromatic carbocycles. The van der Waals surface area contributed by atoms with Gasteiger partial charge in [-0.25, -0.2) is 0 Å². The molecule has 0 radical (unpaired) electrons. The first-order valence-electron chi connectivity index (χ1n) is 4.85. The summed E-state index contributed by atoms with van der Waals surface area (Å²) in [6, 6.07) is 0.511. The second-order valence-electron chi connectivity index (χ2n) is 3.96. The number of hydrogen-bond acceptors (Lipinski definition) is 3. The van der Waals surface area contributed by atoms with Crippen LogP contribution in [0.25, 0.3) is 0 Å². The highest BCUT2D eigenvalue weighted by molar-refractivity contribution is 5.78. The smallest absolute Gasteiger partial charge is 0.105 e. The molecule has 1 atom stereocenters. The van der Waals surface area contributed by atoms with Crippen LogP contribution >= 0.6 is 0 Å². The van der Waals surface area contributed by atoms with Crippen molar-refractivity contribution in [2.45, 2.75) is 19.4 Å². The Kier molecular flexibility index (Phi) is 3.69. The lowest BCUT2D eigenvalue weighted by Crippen LogP contribution is -2.42. The summed E-state index contributed by atoms with van der Waals surface area (Å²) in [7, 11) is 2.15. The normalized spacial score (nSPS) is 27.1. The van der Waals surface area contributed by atoms with Gasteiger partial charge in [0, 0.05) is 19.1 Å². The van der Waals surface area contributed by atoms with Gasteiger partial charge in [-0.2, -0.15) is 0 Å². The summed E-state index contributed by atoms with van der Waals surface area (Å²) in [6.45, 7) is 6.11. The second-order valence-corrected chi connectivity index (χ2v) is 3.96. The number of nitrogens with two attached hydrogens (primary N) is 1. The van der Waals surface area contributed by atoms with Crippen molar-refractivity contribution >= 4 is 5.84 Å². The van der Waals surface area contributed by atoms with Gasteiger partial charge in [0.1, 0.15) is 5.84 Å². The third kappa shape index (κ3) is 3.32. The minimum atomic E-state index is 0.274. The van der Waals surface area contributed by atoms with Crippen LogP contribution in [0.4, 0.5) is 0 Å². The SMILES string of the molecule is CC1CN(C)CCCN1CC(=N)N. The number of nitrogens with one attached hydrogen (secondary N) is 1. The zero-order valence-electron chi connectivity index (χ0n) is 8.58. The van der Waals surface area contributed by atoms with E-state index in [-0.39, 0.29) is 5.84 Å². The van der Waals surface area contributed by atoms with Crippen LogP contribution in [-0.2, 0) is 0 Å². The van der Waals surface area contributed by atoms with E-state index in [4.69, 9.17) is 11.1 Å². The molecular weight excluding hydrogens is 164 g/mol. The van der Waals surface area contributed by atoms with Crippen molar-refractivity contribution in [3.05, 3.63) is 0 Å². The predicted molar refractivity (Wildman–Crippen MR) is 55.1 cm³/mol. The van der Waals surface area contributed by atoms with Gasteiger partial charge >= 0.3 is 0 Å². The van der Waals surface area contributed by atoms with Crippen LogP contribution in [0.2, 0.25) is 0 Å². The maximum atomic E-state index is 7.26. The Bertz CT molecular complexity index is 180. The van der Waals surface area contributed by atoms with Crippen LogP contribution in [0.1, 0.15) is 13.3 Å². The minimum Gasteiger partial charge on any atom is -0.387 e. The first-order valence-corrected chi connectivity index (χ1v) is 4.85. The zero-order valence-corrected chi connectivity index (χ0v) is 8.58. The van der Waals surface area contributed by atoms with Gasteiger partial charge in [-0.05, 0) is 26.9 Å². The molecule has 0 bridgehead atoms. The van der Waals surface area contributed by atoms with Gasteiger partial charge in [0.25, 0.3) is 0 Å². The van der Waals surface area contributed by atoms with Crippen LogP contribution in [0.3, 0.4) is 0 Å². The number of nitrogens with zero attached hydrogens (tertiary/aromatic N) is 2. The number of hydrogen-bond donors (Lipinski definition) is 2. The van der Waals surface area contributed by atoms with Gasteiger partial charge in [0.15, 0.2) is 0 Å². The number of amidine groups is 1. The Morgan fingerprint density at radius 3 is 2.85 bits per heavy atom. The Morgan fingerprint density at radius 2 is 2.23 bits per heavy atom. The maximum Gasteiger partial charge on any atom is 0.105 e. The molecule has 0 amide bonds. The topological polar surface area (TPSA) is 56.4 Å². The standard InChI is InChI=1S/C9H20N4/c1-8-6-12(2)4-3-5-13(8)7-9(10)11/h8H,3-7H2,1-2H3,(H3,10,11). The van der Waals surface area contributed by atoms with Crippen LogP contribution in [0, 0.1) is 5.41 Å². The van der Waals surface area contributed by atoms with Gasteiger partial charge in [0.2, 0.25) is 0 Å². The molecule has 4 heteroatoms. The Morgan fingerprint density at radius 1 is 1.54 bits per heavy atom. The van der Waals surface area contributed by atoms with E-state index in [0.29, 0.717) is 12.6 Å². The van der Waals surface area contributed by atoms with Crippen molar-refractivity contribution in [2.75, 3.05) is 33.2 Å². The van der Waals surface area contributed by atoms with E-state index in [1.807, 2.05) is 0 Å². The van der Waals surface area contributed by atoms with Crippen LogP contribution in [0.15, 0.2) is 0 Å². The highest BCUT2D eigenvalue weighted by Crippen LogP contribution is 2.07. The van der Waals surface area contributed by atoms with Crippen LogP contribution in [-0.4, -0.2) is 54.9 Å². The van der Waals surface area contributed by atoms with Gasteiger partial charge in [-0.15, -0.1) is 0 Å². The Labute approximate surface area is 80.2 Å². The predicted octanol–water partition coefficient (Wildman–Crippen LogP) is -0.0516. The molecule has 1 unspecified atom stereocenters. The number of likely N-dealkylation sites (N-methyl/N-ethyl adjacent to an activating group) is 1. The number of rotatable bonds is 2. The lowest BCUT2D eigenvalue weighted by Gasteiger charge is -2.26. The fraction of sp³-hybridized carbons (Fsp3) is 0.889. The molecule has 0 saturated carbocycles. The molecule has 4 nitrogen and oxygen atoms in total. The summed E-state index contributed by atoms with van der Waals surface area (Å²) in [5, 5.41) is 7.26. The molecule has 1 saturated heterocycles. The summed E-state index contributed by atoms with van der Waals surface area (Å²) >= 11 is 0. The Balaban J connectivity index is 2.48. The van der Waals surface area contributed by atoms with E-state index in [9.17, 15) is 0 Å². The maximum absolute atomic E-state index is 7.26. The van der Waals surface area contributed by atoms with Crippen LogP contribution < -0.4 is 5.73 Å². The molecule has 0 aromatic rings. The Hall–Kier alpha value is -0.610. The molecule has 1 fully saturated rings. The first-order chi connectivity index (χ1) is 6.09. The molecule has 1 heterocycles. The van der Waals surface area contributed by atoms with Gasteiger partial charge < -0.3 is 10.6 Å². The van der Waals surface area contributed by atoms with Crippen LogP contribution in [0.5, 0.6) is 0 Å². The molecule has 1 rings (SSSR count). The fourth-order valence-electron chi connectivity index (χ4n) is 1.88. The molecule has 0 spiro atoms. The molecule has 1 aliphatic heterocycles. The monoisotopic (exact) mass is 184 g/mol. The molecule has 0 aliphatic carbocycles. The van der Waals surface area contributed by atoms with E-state index in [1.165, 1.54) is 6.42 Å². The van der Waals surface area contributed by atoms with Crippen molar-refractivity contribution in [3.63, 3.8) is 0 Å². The van der Waals surface area contributed by atoms with Gasteiger partial charge in [-0.1, -0.05) is 0 Å². The van der Waals surface area contributed by atoms with E-state index >= 15 is 0 Å². The molecule has 3 N–H and O–H groups in total. The van der Waals surface area contributed by atoms with E-state index in [1.54, 1.807) is 0 Å². The molecule has 13 heavy (non-hydrogen) atoms. The van der Waals surface area contributed by atoms with Gasteiger partial charge in [0.05, 0.1) is 6.54 Å². The average Bonchev–Trinajstić information content (AvgIpc) is 2.13. The third-order valence-electron chi connectivity index (χ3n) is 2.56. The van der Waals surface area contributed by atoms with Crippen molar-refractivity contribution in [2.24, 2.45) is 5.73 Å². The van der Waals surface area contributed by atoms with Gasteiger partial charge in [-0.3, -0.25) is 10.3 Å².